The first-order valence-corrected chi connectivity index (χ1v) is 7.53. The van der Waals surface area contributed by atoms with E-state index in [1.807, 2.05) is 32.9 Å². The van der Waals surface area contributed by atoms with Crippen molar-refractivity contribution in [2.45, 2.75) is 40.2 Å². The van der Waals surface area contributed by atoms with Crippen LogP contribution in [0.2, 0.25) is 0 Å². The summed E-state index contributed by atoms with van der Waals surface area (Å²) in [5, 5.41) is 5.56. The number of hydrogen-bond acceptors (Lipinski definition) is 3. The molecule has 0 saturated carbocycles. The van der Waals surface area contributed by atoms with Gasteiger partial charge >= 0.3 is 0 Å². The highest BCUT2D eigenvalue weighted by Gasteiger charge is 2.22. The van der Waals surface area contributed by atoms with Crippen molar-refractivity contribution < 1.29 is 14.3 Å². The maximum absolute atomic E-state index is 12.2. The van der Waals surface area contributed by atoms with Crippen LogP contribution in [0.3, 0.4) is 0 Å². The van der Waals surface area contributed by atoms with Gasteiger partial charge in [0.1, 0.15) is 11.8 Å². The standard InChI is InChI=1S/C17H26N2O3/c1-11(2)16(19-13(4)20)17(21)18-9-8-14-10-12(3)6-7-15(14)22-5/h6-7,10-11,16H,8-9H2,1-5H3,(H,18,21)(H,19,20)/t16-/m0/s1. The number of nitrogens with one attached hydrogen (secondary N) is 2. The van der Waals surface area contributed by atoms with E-state index in [1.54, 1.807) is 7.11 Å². The van der Waals surface area contributed by atoms with Crippen LogP contribution in [0, 0.1) is 12.8 Å². The van der Waals surface area contributed by atoms with E-state index in [4.69, 9.17) is 4.74 Å². The van der Waals surface area contributed by atoms with Crippen molar-refractivity contribution in [3.8, 4) is 5.75 Å². The molecule has 0 aromatic heterocycles. The number of benzene rings is 1. The van der Waals surface area contributed by atoms with Crippen molar-refractivity contribution >= 4 is 11.8 Å². The molecule has 0 fully saturated rings. The quantitative estimate of drug-likeness (QED) is 0.807. The molecule has 1 aromatic rings. The van der Waals surface area contributed by atoms with E-state index >= 15 is 0 Å². The Bertz CT molecular complexity index is 527. The molecule has 1 atom stereocenters. The van der Waals surface area contributed by atoms with Crippen LogP contribution >= 0.6 is 0 Å². The second-order valence-electron chi connectivity index (χ2n) is 5.78. The Kier molecular flexibility index (Phi) is 6.89. The first kappa shape index (κ1) is 18.0. The molecule has 0 unspecified atom stereocenters. The third-order valence-corrected chi connectivity index (χ3v) is 3.44. The van der Waals surface area contributed by atoms with E-state index < -0.39 is 6.04 Å². The van der Waals surface area contributed by atoms with Gasteiger partial charge in [-0.15, -0.1) is 0 Å². The largest absolute Gasteiger partial charge is 0.496 e. The topological polar surface area (TPSA) is 67.4 Å². The molecule has 0 aliphatic rings. The predicted octanol–water partition coefficient (Wildman–Crippen LogP) is 1.82. The summed E-state index contributed by atoms with van der Waals surface area (Å²) in [7, 11) is 1.64. The highest BCUT2D eigenvalue weighted by atomic mass is 16.5. The van der Waals surface area contributed by atoms with Gasteiger partial charge in [0.15, 0.2) is 0 Å². The van der Waals surface area contributed by atoms with Crippen molar-refractivity contribution in [3.63, 3.8) is 0 Å². The molecule has 5 nitrogen and oxygen atoms in total. The highest BCUT2D eigenvalue weighted by Crippen LogP contribution is 2.19. The zero-order valence-corrected chi connectivity index (χ0v) is 14.0. The van der Waals surface area contributed by atoms with E-state index in [-0.39, 0.29) is 17.7 Å². The normalized spacial score (nSPS) is 11.9. The monoisotopic (exact) mass is 306 g/mol. The first-order chi connectivity index (χ1) is 10.3. The Morgan fingerprint density at radius 2 is 1.95 bits per heavy atom. The molecule has 2 N–H and O–H groups in total. The first-order valence-electron chi connectivity index (χ1n) is 7.53. The molecule has 2 amide bonds. The molecule has 5 heteroatoms. The fraction of sp³-hybridized carbons (Fsp3) is 0.529. The third-order valence-electron chi connectivity index (χ3n) is 3.44. The van der Waals surface area contributed by atoms with Gasteiger partial charge in [-0.25, -0.2) is 0 Å². The molecule has 22 heavy (non-hydrogen) atoms. The summed E-state index contributed by atoms with van der Waals surface area (Å²) in [6.07, 6.45) is 0.682. The summed E-state index contributed by atoms with van der Waals surface area (Å²) in [5.74, 6) is 0.505. The number of carbonyl (C=O) groups is 2. The molecular weight excluding hydrogens is 280 g/mol. The maximum Gasteiger partial charge on any atom is 0.242 e. The minimum absolute atomic E-state index is 0.0393. The molecule has 0 heterocycles. The fourth-order valence-corrected chi connectivity index (χ4v) is 2.29. The van der Waals surface area contributed by atoms with Gasteiger partial charge in [0, 0.05) is 13.5 Å². The number of hydrogen-bond donors (Lipinski definition) is 2. The Morgan fingerprint density at radius 3 is 2.50 bits per heavy atom. The lowest BCUT2D eigenvalue weighted by Gasteiger charge is -2.21. The molecular formula is C17H26N2O3. The van der Waals surface area contributed by atoms with Gasteiger partial charge in [0.2, 0.25) is 11.8 Å². The van der Waals surface area contributed by atoms with Crippen molar-refractivity contribution in [1.29, 1.82) is 0 Å². The summed E-state index contributed by atoms with van der Waals surface area (Å²) in [6.45, 7) is 7.75. The Labute approximate surface area is 132 Å². The van der Waals surface area contributed by atoms with Crippen LogP contribution in [-0.4, -0.2) is 31.5 Å². The van der Waals surface area contributed by atoms with Gasteiger partial charge in [-0.1, -0.05) is 31.5 Å². The molecule has 122 valence electrons. The van der Waals surface area contributed by atoms with Crippen molar-refractivity contribution in [1.82, 2.24) is 10.6 Å². The van der Waals surface area contributed by atoms with Crippen LogP contribution in [0.1, 0.15) is 31.9 Å². The van der Waals surface area contributed by atoms with Crippen molar-refractivity contribution in [2.75, 3.05) is 13.7 Å². The second kappa shape index (κ2) is 8.41. The summed E-state index contributed by atoms with van der Waals surface area (Å²) >= 11 is 0. The molecule has 0 radical (unpaired) electrons. The van der Waals surface area contributed by atoms with Crippen LogP contribution in [0.5, 0.6) is 5.75 Å². The number of aryl methyl sites for hydroxylation is 1. The fourth-order valence-electron chi connectivity index (χ4n) is 2.29. The average molecular weight is 306 g/mol. The van der Waals surface area contributed by atoms with Gasteiger partial charge in [0.05, 0.1) is 7.11 Å². The Morgan fingerprint density at radius 1 is 1.27 bits per heavy atom. The number of carbonyl (C=O) groups excluding carboxylic acids is 2. The van der Waals surface area contributed by atoms with Crippen LogP contribution in [0.15, 0.2) is 18.2 Å². The molecule has 0 bridgehead atoms. The molecule has 1 aromatic carbocycles. The zero-order valence-electron chi connectivity index (χ0n) is 14.0. The number of amides is 2. The minimum Gasteiger partial charge on any atom is -0.496 e. The molecule has 0 aliphatic carbocycles. The third kappa shape index (κ3) is 5.39. The SMILES string of the molecule is COc1ccc(C)cc1CCNC(=O)[C@@H](NC(C)=O)C(C)C. The lowest BCUT2D eigenvalue weighted by Crippen LogP contribution is -2.49. The van der Waals surface area contributed by atoms with Crippen LogP contribution < -0.4 is 15.4 Å². The van der Waals surface area contributed by atoms with Crippen LogP contribution in [-0.2, 0) is 16.0 Å². The summed E-state index contributed by atoms with van der Waals surface area (Å²) in [4.78, 5) is 23.3. The number of ether oxygens (including phenoxy) is 1. The van der Waals surface area contributed by atoms with Gasteiger partial charge in [-0.05, 0) is 30.9 Å². The molecule has 0 spiro atoms. The smallest absolute Gasteiger partial charge is 0.242 e. The van der Waals surface area contributed by atoms with Gasteiger partial charge in [0.25, 0.3) is 0 Å². The summed E-state index contributed by atoms with van der Waals surface area (Å²) < 4.78 is 5.33. The van der Waals surface area contributed by atoms with E-state index in [2.05, 4.69) is 16.7 Å². The highest BCUT2D eigenvalue weighted by molar-refractivity contribution is 5.87. The number of methoxy groups -OCH3 is 1. The van der Waals surface area contributed by atoms with Gasteiger partial charge < -0.3 is 15.4 Å². The van der Waals surface area contributed by atoms with Gasteiger partial charge in [-0.2, -0.15) is 0 Å². The summed E-state index contributed by atoms with van der Waals surface area (Å²) in [6, 6.07) is 5.48. The van der Waals surface area contributed by atoms with E-state index in [9.17, 15) is 9.59 Å². The lowest BCUT2D eigenvalue weighted by molar-refractivity contribution is -0.129. The van der Waals surface area contributed by atoms with Crippen molar-refractivity contribution in [3.05, 3.63) is 29.3 Å². The maximum atomic E-state index is 12.2. The Hall–Kier alpha value is -2.04. The zero-order chi connectivity index (χ0) is 16.7. The van der Waals surface area contributed by atoms with Crippen LogP contribution in [0.25, 0.3) is 0 Å². The Balaban J connectivity index is 2.60. The van der Waals surface area contributed by atoms with E-state index in [0.29, 0.717) is 13.0 Å². The van der Waals surface area contributed by atoms with Crippen LogP contribution in [0.4, 0.5) is 0 Å². The van der Waals surface area contributed by atoms with Crippen molar-refractivity contribution in [2.24, 2.45) is 5.92 Å². The van der Waals surface area contributed by atoms with E-state index in [0.717, 1.165) is 16.9 Å². The summed E-state index contributed by atoms with van der Waals surface area (Å²) in [5.41, 5.74) is 2.21. The lowest BCUT2D eigenvalue weighted by atomic mass is 10.0. The average Bonchev–Trinajstić information content (AvgIpc) is 2.44. The number of rotatable bonds is 7. The molecule has 0 saturated heterocycles. The molecule has 0 aliphatic heterocycles. The van der Waals surface area contributed by atoms with E-state index in [1.165, 1.54) is 6.92 Å². The molecule has 1 rings (SSSR count). The second-order valence-corrected chi connectivity index (χ2v) is 5.78. The minimum atomic E-state index is -0.503. The predicted molar refractivity (Wildman–Crippen MR) is 86.9 cm³/mol. The van der Waals surface area contributed by atoms with Gasteiger partial charge in [-0.3, -0.25) is 9.59 Å².